The number of unbranched alkanes of at least 4 members (excludes halogenated alkanes) is 1. The number of ether oxygens (including phenoxy) is 1. The molecule has 0 radical (unpaired) electrons. The van der Waals surface area contributed by atoms with E-state index < -0.39 is 6.04 Å². The van der Waals surface area contributed by atoms with Gasteiger partial charge in [-0.3, -0.25) is 9.59 Å². The minimum absolute atomic E-state index is 0.200. The van der Waals surface area contributed by atoms with Crippen molar-refractivity contribution in [1.29, 1.82) is 0 Å². The van der Waals surface area contributed by atoms with E-state index in [2.05, 4.69) is 49.7 Å². The van der Waals surface area contributed by atoms with Crippen molar-refractivity contribution in [2.45, 2.75) is 39.2 Å². The smallest absolute Gasteiger partial charge is 0.246 e. The van der Waals surface area contributed by atoms with Gasteiger partial charge in [0.25, 0.3) is 0 Å². The maximum atomic E-state index is 12.5. The number of methoxy groups -OCH3 is 1. The monoisotopic (exact) mass is 536 g/mol. The van der Waals surface area contributed by atoms with Crippen LogP contribution in [-0.4, -0.2) is 90.5 Å². The van der Waals surface area contributed by atoms with Crippen LogP contribution in [0.25, 0.3) is 0 Å². The minimum Gasteiger partial charge on any atom is -0.481 e. The Morgan fingerprint density at radius 1 is 1.15 bits per heavy atom. The highest BCUT2D eigenvalue weighted by molar-refractivity contribution is 5.92. The van der Waals surface area contributed by atoms with Crippen LogP contribution in [0.5, 0.6) is 5.88 Å². The third kappa shape index (κ3) is 11.0. The molecule has 1 atom stereocenters. The second-order valence-corrected chi connectivity index (χ2v) is 9.08. The molecule has 0 aliphatic heterocycles. The average molecular weight is 537 g/mol. The summed E-state index contributed by atoms with van der Waals surface area (Å²) < 4.78 is 5.08. The van der Waals surface area contributed by atoms with E-state index in [0.717, 1.165) is 18.7 Å². The molecule has 3 N–H and O–H groups in total. The maximum Gasteiger partial charge on any atom is 0.246 e. The Bertz CT molecular complexity index is 1160. The van der Waals surface area contributed by atoms with Crippen molar-refractivity contribution in [3.63, 3.8) is 0 Å². The second kappa shape index (κ2) is 16.6. The number of nitrogens with zero attached hydrogens (tertiary/aromatic N) is 5. The number of amides is 2. The molecule has 0 saturated carbocycles. The van der Waals surface area contributed by atoms with Crippen LogP contribution < -0.4 is 20.7 Å². The van der Waals surface area contributed by atoms with Crippen LogP contribution in [0, 0.1) is 11.8 Å². The van der Waals surface area contributed by atoms with E-state index in [1.807, 2.05) is 25.1 Å². The Kier molecular flexibility index (Phi) is 13.2. The summed E-state index contributed by atoms with van der Waals surface area (Å²) in [6.45, 7) is 5.66. The van der Waals surface area contributed by atoms with Gasteiger partial charge in [-0.25, -0.2) is 9.97 Å². The molecule has 2 rings (SSSR count). The summed E-state index contributed by atoms with van der Waals surface area (Å²) in [5, 5.41) is 9.31. The zero-order valence-corrected chi connectivity index (χ0v) is 23.7. The molecule has 11 heteroatoms. The van der Waals surface area contributed by atoms with Gasteiger partial charge in [-0.2, -0.15) is 4.98 Å². The number of likely N-dealkylation sites (N-methyl/N-ethyl adjacent to an activating group) is 2. The van der Waals surface area contributed by atoms with Gasteiger partial charge in [0.2, 0.25) is 23.6 Å². The van der Waals surface area contributed by atoms with Crippen LogP contribution in [0.3, 0.4) is 0 Å². The molecule has 0 aromatic carbocycles. The summed E-state index contributed by atoms with van der Waals surface area (Å²) in [7, 11) is 7.03. The second-order valence-electron chi connectivity index (χ2n) is 9.08. The van der Waals surface area contributed by atoms with Gasteiger partial charge < -0.3 is 30.5 Å². The summed E-state index contributed by atoms with van der Waals surface area (Å²) in [6.07, 6.45) is 8.79. The molecule has 2 heterocycles. The lowest BCUT2D eigenvalue weighted by Gasteiger charge is -2.23. The van der Waals surface area contributed by atoms with E-state index in [0.29, 0.717) is 49.1 Å². The van der Waals surface area contributed by atoms with Gasteiger partial charge in [0.1, 0.15) is 11.9 Å². The van der Waals surface area contributed by atoms with Crippen LogP contribution >= 0.6 is 0 Å². The number of carbonyl (C=O) groups excluding carboxylic acids is 2. The van der Waals surface area contributed by atoms with Crippen LogP contribution in [0.15, 0.2) is 36.7 Å². The van der Waals surface area contributed by atoms with E-state index in [1.54, 1.807) is 45.6 Å². The molecule has 0 aliphatic rings. The number of nitrogens with one attached hydrogen (secondary N) is 3. The maximum absolute atomic E-state index is 12.5. The van der Waals surface area contributed by atoms with Crippen molar-refractivity contribution in [1.82, 2.24) is 30.1 Å². The van der Waals surface area contributed by atoms with Gasteiger partial charge in [-0.05, 0) is 39.9 Å². The topological polar surface area (TPSA) is 125 Å². The fourth-order valence-electron chi connectivity index (χ4n) is 3.16. The van der Waals surface area contributed by atoms with Crippen molar-refractivity contribution >= 4 is 29.3 Å². The van der Waals surface area contributed by atoms with Gasteiger partial charge in [0.15, 0.2) is 0 Å². The molecule has 210 valence electrons. The van der Waals surface area contributed by atoms with Crippen molar-refractivity contribution in [3.8, 4) is 17.7 Å². The molecule has 0 saturated heterocycles. The van der Waals surface area contributed by atoms with Crippen molar-refractivity contribution < 1.29 is 14.3 Å². The molecule has 0 aliphatic carbocycles. The van der Waals surface area contributed by atoms with Crippen molar-refractivity contribution in [2.24, 2.45) is 0 Å². The SMILES string of the molecule is CCCNc1nc(Nc2ccc(OC)nc2)ncc1C#CCCCNC(=O)[C@H](C)N(C)C(=O)C=CCN(C)C. The average Bonchev–Trinajstić information content (AvgIpc) is 2.93. The Balaban J connectivity index is 1.88. The highest BCUT2D eigenvalue weighted by Gasteiger charge is 2.20. The summed E-state index contributed by atoms with van der Waals surface area (Å²) in [5.41, 5.74) is 1.44. The normalized spacial score (nSPS) is 11.5. The van der Waals surface area contributed by atoms with E-state index in [4.69, 9.17) is 4.74 Å². The molecule has 0 unspecified atom stereocenters. The van der Waals surface area contributed by atoms with E-state index in [-0.39, 0.29) is 11.8 Å². The van der Waals surface area contributed by atoms with Crippen LogP contribution in [0.4, 0.5) is 17.5 Å². The molecule has 11 nitrogen and oxygen atoms in total. The lowest BCUT2D eigenvalue weighted by Crippen LogP contribution is -2.45. The Morgan fingerprint density at radius 3 is 2.62 bits per heavy atom. The molecule has 0 fully saturated rings. The lowest BCUT2D eigenvalue weighted by atomic mass is 10.2. The van der Waals surface area contributed by atoms with Gasteiger partial charge in [0.05, 0.1) is 30.8 Å². The van der Waals surface area contributed by atoms with Crippen LogP contribution in [0.1, 0.15) is 38.7 Å². The fourth-order valence-corrected chi connectivity index (χ4v) is 3.16. The first-order chi connectivity index (χ1) is 18.7. The molecular formula is C28H40N8O3. The lowest BCUT2D eigenvalue weighted by molar-refractivity contribution is -0.135. The van der Waals surface area contributed by atoms with Crippen molar-refractivity contribution in [3.05, 3.63) is 42.2 Å². The largest absolute Gasteiger partial charge is 0.481 e. The van der Waals surface area contributed by atoms with Gasteiger partial charge >= 0.3 is 0 Å². The summed E-state index contributed by atoms with van der Waals surface area (Å²) in [6, 6.07) is 3.02. The van der Waals surface area contributed by atoms with Gasteiger partial charge in [-0.1, -0.05) is 24.8 Å². The quantitative estimate of drug-likeness (QED) is 0.190. The highest BCUT2D eigenvalue weighted by Crippen LogP contribution is 2.18. The number of hydrogen-bond acceptors (Lipinski definition) is 9. The highest BCUT2D eigenvalue weighted by atomic mass is 16.5. The molecular weight excluding hydrogens is 496 g/mol. The number of carbonyl (C=O) groups is 2. The summed E-state index contributed by atoms with van der Waals surface area (Å²) in [4.78, 5) is 41.2. The molecule has 2 amide bonds. The summed E-state index contributed by atoms with van der Waals surface area (Å²) in [5.74, 6) is 7.46. The zero-order valence-electron chi connectivity index (χ0n) is 23.7. The fraction of sp³-hybridized carbons (Fsp3) is 0.464. The van der Waals surface area contributed by atoms with Crippen LogP contribution in [0.2, 0.25) is 0 Å². The number of rotatable bonds is 14. The van der Waals surface area contributed by atoms with E-state index in [9.17, 15) is 9.59 Å². The van der Waals surface area contributed by atoms with E-state index in [1.165, 1.54) is 11.0 Å². The Labute approximate surface area is 231 Å². The third-order valence-electron chi connectivity index (χ3n) is 5.57. The first kappa shape index (κ1) is 31.1. The first-order valence-electron chi connectivity index (χ1n) is 13.0. The van der Waals surface area contributed by atoms with Crippen molar-refractivity contribution in [2.75, 3.05) is 58.5 Å². The van der Waals surface area contributed by atoms with E-state index >= 15 is 0 Å². The summed E-state index contributed by atoms with van der Waals surface area (Å²) >= 11 is 0. The number of pyridine rings is 1. The van der Waals surface area contributed by atoms with Gasteiger partial charge in [-0.15, -0.1) is 0 Å². The Hall–Kier alpha value is -4.17. The number of anilines is 3. The number of hydrogen-bond donors (Lipinski definition) is 3. The standard InChI is InChI=1S/C28H40N8O3/c1-7-16-29-26-22(19-32-28(34-26)33-23-14-15-24(39-6)31-20-23)12-9-8-10-17-30-27(38)21(2)36(5)25(37)13-11-18-35(3)4/h11,13-15,19-21H,7-8,10,16-18H2,1-6H3,(H,30,38)(H2,29,32,33,34)/t21-/m0/s1. The number of aromatic nitrogens is 3. The molecule has 0 bridgehead atoms. The predicted octanol–water partition coefficient (Wildman–Crippen LogP) is 2.66. The molecule has 0 spiro atoms. The van der Waals surface area contributed by atoms with Gasteiger partial charge in [0, 0.05) is 45.2 Å². The third-order valence-corrected chi connectivity index (χ3v) is 5.57. The predicted molar refractivity (Wildman–Crippen MR) is 154 cm³/mol. The first-order valence-corrected chi connectivity index (χ1v) is 13.0. The molecule has 2 aromatic rings. The minimum atomic E-state index is -0.572. The molecule has 2 aromatic heterocycles. The Morgan fingerprint density at radius 2 is 1.95 bits per heavy atom. The zero-order chi connectivity index (χ0) is 28.6. The molecule has 39 heavy (non-hydrogen) atoms. The van der Waals surface area contributed by atoms with Crippen LogP contribution in [-0.2, 0) is 9.59 Å².